The minimum absolute atomic E-state index is 0. The summed E-state index contributed by atoms with van der Waals surface area (Å²) in [4.78, 5) is 50.5. The molecule has 0 aliphatic rings. The molecule has 12 aromatic rings. The second-order valence-electron chi connectivity index (χ2n) is 18.5. The number of halogens is 9. The summed E-state index contributed by atoms with van der Waals surface area (Å²) < 4.78 is 177. The van der Waals surface area contributed by atoms with E-state index in [1.54, 1.807) is 49.6 Å². The molecule has 0 aromatic carbocycles. The van der Waals surface area contributed by atoms with Gasteiger partial charge in [0.25, 0.3) is 0 Å². The van der Waals surface area contributed by atoms with Crippen molar-refractivity contribution in [3.8, 4) is 0 Å². The predicted octanol–water partition coefficient (Wildman–Crippen LogP) is 18.3. The third kappa shape index (κ3) is 38.5. The molecule has 12 heterocycles. The fourth-order valence-electron chi connectivity index (χ4n) is 6.44. The van der Waals surface area contributed by atoms with Crippen molar-refractivity contribution in [1.82, 2.24) is 59.8 Å². The summed E-state index contributed by atoms with van der Waals surface area (Å²) in [5, 5.41) is 34.7. The van der Waals surface area contributed by atoms with Gasteiger partial charge in [-0.05, 0) is 147 Å². The van der Waals surface area contributed by atoms with Crippen LogP contribution in [-0.2, 0) is 114 Å². The Balaban J connectivity index is 0.000000652. The summed E-state index contributed by atoms with van der Waals surface area (Å²) in [5.74, 6) is 9.52. The molecule has 29 nitrogen and oxygen atoms in total. The number of pyridine rings is 12. The van der Waals surface area contributed by atoms with Gasteiger partial charge in [-0.1, -0.05) is 121 Å². The van der Waals surface area contributed by atoms with Gasteiger partial charge >= 0.3 is 100 Å². The largest absolute Gasteiger partial charge is 3.00 e. The zero-order valence-electron chi connectivity index (χ0n) is 53.8. The summed E-state index contributed by atoms with van der Waals surface area (Å²) in [6, 6.07) is 66.3. The van der Waals surface area contributed by atoms with E-state index in [0.29, 0.717) is 93.1 Å². The summed E-state index contributed by atoms with van der Waals surface area (Å²) in [5.41, 5.74) is -16.9. The Morgan fingerprint density at radius 1 is 0.211 bits per heavy atom. The zero-order valence-corrected chi connectivity index (χ0v) is 61.5. The van der Waals surface area contributed by atoms with Crippen LogP contribution in [0.1, 0.15) is 0 Å². The second kappa shape index (κ2) is 48.3. The van der Waals surface area contributed by atoms with Crippen LogP contribution in [-0.4, -0.2) is 115 Å². The van der Waals surface area contributed by atoms with Crippen LogP contribution in [0.5, 0.6) is 0 Å². The summed E-state index contributed by atoms with van der Waals surface area (Å²) in [7, 11) is -18.3. The van der Waals surface area contributed by atoms with Crippen LogP contribution in [0.25, 0.3) is 42.5 Å². The van der Waals surface area contributed by atoms with Crippen molar-refractivity contribution in [3.63, 3.8) is 0 Å². The van der Waals surface area contributed by atoms with Crippen LogP contribution >= 0.6 is 0 Å². The Kier molecular flexibility index (Phi) is 42.9. The van der Waals surface area contributed by atoms with E-state index >= 15 is 0 Å². The number of alkyl halides is 9. The van der Waals surface area contributed by atoms with Gasteiger partial charge < -0.3 is 116 Å². The number of nitrogens with zero attached hydrogens (tertiary/aromatic N) is 20. The quantitative estimate of drug-likeness (QED) is 0.0492. The molecule has 0 aliphatic heterocycles. The molecular formula is C63H44Co5F9N20O9S3. The molecule has 12 aromatic heterocycles. The van der Waals surface area contributed by atoms with Crippen molar-refractivity contribution < 1.29 is 162 Å². The summed E-state index contributed by atoms with van der Waals surface area (Å²) >= 11 is 0. The van der Waals surface area contributed by atoms with Gasteiger partial charge in [0.1, 0.15) is 0 Å². The Morgan fingerprint density at radius 3 is 0.394 bits per heavy atom. The van der Waals surface area contributed by atoms with Crippen molar-refractivity contribution in [3.05, 3.63) is 310 Å². The number of rotatable bonds is 16. The first-order chi connectivity index (χ1) is 49.3. The first kappa shape index (κ1) is 96.8. The molecule has 0 spiro atoms. The predicted molar refractivity (Wildman–Crippen MR) is 360 cm³/mol. The molecule has 4 radical (unpaired) electrons. The van der Waals surface area contributed by atoms with E-state index in [1.807, 2.05) is 218 Å². The average molecular weight is 1790 g/mol. The second-order valence-corrected chi connectivity index (χ2v) is 22.6. The molecule has 109 heavy (non-hydrogen) atoms. The monoisotopic (exact) mass is 1790 g/mol. The molecule has 576 valence electrons. The van der Waals surface area contributed by atoms with Crippen molar-refractivity contribution in [2.24, 2.45) is 0 Å². The minimum Gasteiger partial charge on any atom is -0.741 e. The van der Waals surface area contributed by atoms with Crippen molar-refractivity contribution in [2.75, 3.05) is 0 Å². The SMILES string of the molecule is O=S(=O)([O-])C(F)(F)F.O=S(=O)([O-])C(F)(F)F.O=S(=O)([O-])C(F)(F)F.[Co+2].[Co+2].[Co+2].[Co+2].[Co+3].c1ccc([N-]c2cccc([N-]c3ccccn3)n2)nc1.c1ccc([N-]c2cccc([N-]c3ccccn3)n2)nc1.c1ccc([N-]c2cccc([N-]c3ccccn3)n2)nc1.c1ccc([N-]c2cccc([N-]c3ccccn3)n2)nc1. The third-order valence-corrected chi connectivity index (χ3v) is 12.5. The van der Waals surface area contributed by atoms with Crippen molar-refractivity contribution >= 4 is 123 Å². The van der Waals surface area contributed by atoms with Gasteiger partial charge in [0, 0.05) is 93.1 Å². The Hall–Kier alpha value is -10.2. The maximum atomic E-state index is 10.7. The first-order valence-electron chi connectivity index (χ1n) is 28.3. The zero-order chi connectivity index (χ0) is 75.5. The maximum absolute atomic E-state index is 10.7. The van der Waals surface area contributed by atoms with Gasteiger partial charge in [0.05, 0.1) is 0 Å². The molecule has 0 unspecified atom stereocenters. The molecule has 12 rings (SSSR count). The molecule has 0 atom stereocenters. The molecule has 0 N–H and O–H groups in total. The number of hydrogen-bond acceptors (Lipinski definition) is 21. The number of aromatic nitrogens is 12. The van der Waals surface area contributed by atoms with E-state index in [1.165, 1.54) is 0 Å². The van der Waals surface area contributed by atoms with Crippen LogP contribution < -0.4 is 0 Å². The number of hydrogen-bond donors (Lipinski definition) is 0. The van der Waals surface area contributed by atoms with Crippen LogP contribution in [0.3, 0.4) is 0 Å². The van der Waals surface area contributed by atoms with Gasteiger partial charge in [-0.15, -0.1) is 0 Å². The van der Waals surface area contributed by atoms with Gasteiger partial charge in [-0.25, -0.2) is 25.3 Å². The van der Waals surface area contributed by atoms with E-state index in [-0.39, 0.29) is 83.9 Å². The topological polar surface area (TPSA) is 439 Å². The van der Waals surface area contributed by atoms with E-state index in [0.717, 1.165) is 0 Å². The van der Waals surface area contributed by atoms with Gasteiger partial charge in [0.15, 0.2) is 30.4 Å². The van der Waals surface area contributed by atoms with E-state index in [4.69, 9.17) is 38.9 Å². The summed E-state index contributed by atoms with van der Waals surface area (Å²) in [6.45, 7) is 0. The minimum atomic E-state index is -6.09. The Labute approximate surface area is 667 Å². The van der Waals surface area contributed by atoms with Crippen LogP contribution in [0.4, 0.5) is 133 Å². The fraction of sp³-hybridized carbons (Fsp3) is 0.0476. The first-order valence-corrected chi connectivity index (χ1v) is 32.5. The van der Waals surface area contributed by atoms with Crippen LogP contribution in [0.15, 0.2) is 268 Å². The molecule has 0 amide bonds. The van der Waals surface area contributed by atoms with Gasteiger partial charge in [0.2, 0.25) is 0 Å². The molecule has 0 saturated carbocycles. The normalized spacial score (nSPS) is 10.4. The fourth-order valence-corrected chi connectivity index (χ4v) is 6.44. The Bertz CT molecular complexity index is 4080. The smallest absolute Gasteiger partial charge is 0.741 e. The van der Waals surface area contributed by atoms with E-state index in [2.05, 4.69) is 102 Å². The maximum Gasteiger partial charge on any atom is 3.00 e. The molecule has 0 aliphatic carbocycles. The Morgan fingerprint density at radius 2 is 0.312 bits per heavy atom. The molecule has 0 fully saturated rings. The van der Waals surface area contributed by atoms with Crippen LogP contribution in [0, 0.1) is 0 Å². The molecule has 0 bridgehead atoms. The standard InChI is InChI=1S/4C15H11N5.3CHF3O3S.5Co/c4*1-3-10-16-12(6-1)18-14-8-5-9-15(20-14)19-13-7-2-4-11-17-13;3*2-1(3,4)8(5,6)7;;;;;/h4*1-11H;3*(H,5,6,7);;;;;/q4*-2;;;;4*+2;+3/p-3. The van der Waals surface area contributed by atoms with Gasteiger partial charge in [-0.3, -0.25) is 0 Å². The van der Waals surface area contributed by atoms with Crippen LogP contribution in [0.2, 0.25) is 0 Å². The van der Waals surface area contributed by atoms with Crippen molar-refractivity contribution in [2.45, 2.75) is 16.5 Å². The van der Waals surface area contributed by atoms with Crippen molar-refractivity contribution in [1.29, 1.82) is 0 Å². The van der Waals surface area contributed by atoms with E-state index in [9.17, 15) is 39.5 Å². The molecule has 0 saturated heterocycles. The third-order valence-electron chi connectivity index (χ3n) is 10.8. The summed E-state index contributed by atoms with van der Waals surface area (Å²) in [6.07, 6.45) is 13.6. The van der Waals surface area contributed by atoms with Gasteiger partial charge in [-0.2, -0.15) is 39.5 Å². The van der Waals surface area contributed by atoms with E-state index < -0.39 is 46.9 Å². The molecule has 46 heteroatoms. The molecular weight excluding hydrogens is 1740 g/mol. The average Bonchev–Trinajstić information content (AvgIpc) is 0.904.